The largest absolute Gasteiger partial charge is 0.327 e. The number of hydrogen-bond donors (Lipinski definition) is 1. The molecule has 0 aromatic heterocycles. The van der Waals surface area contributed by atoms with Crippen LogP contribution in [0.4, 0.5) is 0 Å². The third kappa shape index (κ3) is 2.11. The quantitative estimate of drug-likeness (QED) is 0.728. The van der Waals surface area contributed by atoms with Crippen molar-refractivity contribution in [1.29, 1.82) is 0 Å². The van der Waals surface area contributed by atoms with E-state index in [1.54, 1.807) is 0 Å². The molecule has 13 heavy (non-hydrogen) atoms. The summed E-state index contributed by atoms with van der Waals surface area (Å²) in [6, 6.07) is 0.0961. The molecule has 0 aromatic rings. The van der Waals surface area contributed by atoms with Gasteiger partial charge in [0.05, 0.1) is 0 Å². The average Bonchev–Trinajstić information content (AvgIpc) is 2.32. The van der Waals surface area contributed by atoms with E-state index in [-0.39, 0.29) is 11.5 Å². The number of ketones is 1. The Balaban J connectivity index is 2.63. The fourth-order valence-corrected chi connectivity index (χ4v) is 2.14. The van der Waals surface area contributed by atoms with Crippen molar-refractivity contribution < 1.29 is 4.79 Å². The van der Waals surface area contributed by atoms with Gasteiger partial charge >= 0.3 is 0 Å². The van der Waals surface area contributed by atoms with Crippen molar-refractivity contribution in [3.63, 3.8) is 0 Å². The maximum Gasteiger partial charge on any atom is 0.140 e. The van der Waals surface area contributed by atoms with E-state index < -0.39 is 0 Å². The predicted octanol–water partition coefficient (Wildman–Crippen LogP) is 2.12. The van der Waals surface area contributed by atoms with Crippen LogP contribution in [0.5, 0.6) is 0 Å². The molecular weight excluding hydrogens is 162 g/mol. The summed E-state index contributed by atoms with van der Waals surface area (Å²) in [4.78, 5) is 11.9. The Morgan fingerprint density at radius 1 is 1.62 bits per heavy atom. The van der Waals surface area contributed by atoms with Crippen molar-refractivity contribution in [3.05, 3.63) is 0 Å². The lowest BCUT2D eigenvalue weighted by Crippen LogP contribution is -2.41. The second kappa shape index (κ2) is 3.79. The Morgan fingerprint density at radius 3 is 2.62 bits per heavy atom. The zero-order valence-electron chi connectivity index (χ0n) is 8.97. The van der Waals surface area contributed by atoms with Crippen LogP contribution in [-0.4, -0.2) is 11.8 Å². The summed E-state index contributed by atoms with van der Waals surface area (Å²) in [5, 5.41) is 0. The van der Waals surface area contributed by atoms with Gasteiger partial charge in [-0.25, -0.2) is 0 Å². The highest BCUT2D eigenvalue weighted by molar-refractivity contribution is 5.85. The summed E-state index contributed by atoms with van der Waals surface area (Å²) in [5.74, 6) is 0.824. The highest BCUT2D eigenvalue weighted by atomic mass is 16.1. The van der Waals surface area contributed by atoms with Gasteiger partial charge < -0.3 is 5.73 Å². The Morgan fingerprint density at radius 2 is 2.23 bits per heavy atom. The van der Waals surface area contributed by atoms with Gasteiger partial charge in [0.1, 0.15) is 5.78 Å². The van der Waals surface area contributed by atoms with E-state index in [0.717, 1.165) is 19.3 Å². The number of nitrogens with two attached hydrogens (primary N) is 1. The van der Waals surface area contributed by atoms with E-state index in [4.69, 9.17) is 5.73 Å². The van der Waals surface area contributed by atoms with Crippen LogP contribution in [0.1, 0.15) is 46.5 Å². The van der Waals surface area contributed by atoms with Crippen molar-refractivity contribution in [2.24, 2.45) is 17.1 Å². The summed E-state index contributed by atoms with van der Waals surface area (Å²) < 4.78 is 0. The Hall–Kier alpha value is -0.370. The van der Waals surface area contributed by atoms with Gasteiger partial charge in [0.2, 0.25) is 0 Å². The molecule has 0 amide bonds. The molecule has 1 saturated carbocycles. The van der Waals surface area contributed by atoms with Gasteiger partial charge in [-0.3, -0.25) is 4.79 Å². The van der Waals surface area contributed by atoms with Crippen LogP contribution in [0.25, 0.3) is 0 Å². The highest BCUT2D eigenvalue weighted by Crippen LogP contribution is 2.38. The molecule has 0 bridgehead atoms. The minimum Gasteiger partial charge on any atom is -0.327 e. The molecule has 2 heteroatoms. The van der Waals surface area contributed by atoms with Crippen LogP contribution in [0.15, 0.2) is 0 Å². The van der Waals surface area contributed by atoms with Crippen molar-refractivity contribution in [3.8, 4) is 0 Å². The van der Waals surface area contributed by atoms with E-state index in [0.29, 0.717) is 18.1 Å². The smallest absolute Gasteiger partial charge is 0.140 e. The highest BCUT2D eigenvalue weighted by Gasteiger charge is 2.42. The molecule has 76 valence electrons. The molecule has 1 aliphatic rings. The van der Waals surface area contributed by atoms with Crippen molar-refractivity contribution >= 4 is 5.78 Å². The molecule has 1 fully saturated rings. The van der Waals surface area contributed by atoms with Gasteiger partial charge in [0.25, 0.3) is 0 Å². The maximum atomic E-state index is 11.9. The predicted molar refractivity (Wildman–Crippen MR) is 54.4 cm³/mol. The first kappa shape index (κ1) is 10.7. The number of Topliss-reactive ketones (excluding diaryl/α,β-unsaturated/α-hetero) is 1. The molecular formula is C11H21NO. The normalized spacial score (nSPS) is 34.1. The lowest BCUT2D eigenvalue weighted by molar-refractivity contribution is -0.129. The number of hydrogen-bond acceptors (Lipinski definition) is 2. The number of carbonyl (C=O) groups excluding carboxylic acids is 1. The van der Waals surface area contributed by atoms with Gasteiger partial charge in [0.15, 0.2) is 0 Å². The molecule has 2 unspecified atom stereocenters. The second-order valence-electron chi connectivity index (χ2n) is 4.94. The third-order valence-corrected chi connectivity index (χ3v) is 3.26. The lowest BCUT2D eigenvalue weighted by atomic mass is 9.78. The lowest BCUT2D eigenvalue weighted by Gasteiger charge is -2.28. The van der Waals surface area contributed by atoms with E-state index >= 15 is 0 Å². The summed E-state index contributed by atoms with van der Waals surface area (Å²) in [7, 11) is 0. The molecule has 0 saturated heterocycles. The van der Waals surface area contributed by atoms with E-state index in [9.17, 15) is 4.79 Å². The fourth-order valence-electron chi connectivity index (χ4n) is 2.14. The third-order valence-electron chi connectivity index (χ3n) is 3.26. The van der Waals surface area contributed by atoms with E-state index in [1.165, 1.54) is 0 Å². The molecule has 1 rings (SSSR count). The van der Waals surface area contributed by atoms with Gasteiger partial charge in [0, 0.05) is 17.9 Å². The molecule has 0 aliphatic heterocycles. The molecule has 2 atom stereocenters. The number of carbonyl (C=O) groups is 1. The Kier molecular flexibility index (Phi) is 3.12. The zero-order chi connectivity index (χ0) is 10.1. The monoisotopic (exact) mass is 183 g/mol. The minimum absolute atomic E-state index is 0.0961. The van der Waals surface area contributed by atoms with Gasteiger partial charge in [-0.05, 0) is 18.8 Å². The average molecular weight is 183 g/mol. The van der Waals surface area contributed by atoms with Crippen LogP contribution in [0.3, 0.4) is 0 Å². The first-order chi connectivity index (χ1) is 5.97. The van der Waals surface area contributed by atoms with Gasteiger partial charge in [-0.15, -0.1) is 0 Å². The summed E-state index contributed by atoms with van der Waals surface area (Å²) in [5.41, 5.74) is 5.75. The van der Waals surface area contributed by atoms with Crippen LogP contribution >= 0.6 is 0 Å². The van der Waals surface area contributed by atoms with Gasteiger partial charge in [-0.2, -0.15) is 0 Å². The molecule has 2 nitrogen and oxygen atoms in total. The molecule has 0 spiro atoms. The fraction of sp³-hybridized carbons (Fsp3) is 0.909. The topological polar surface area (TPSA) is 43.1 Å². The summed E-state index contributed by atoms with van der Waals surface area (Å²) in [6.07, 6.45) is 3.80. The van der Waals surface area contributed by atoms with Crippen LogP contribution < -0.4 is 5.73 Å². The van der Waals surface area contributed by atoms with Crippen molar-refractivity contribution in [1.82, 2.24) is 0 Å². The first-order valence-electron chi connectivity index (χ1n) is 5.25. The molecule has 0 heterocycles. The molecule has 0 aromatic carbocycles. The first-order valence-corrected chi connectivity index (χ1v) is 5.25. The summed E-state index contributed by atoms with van der Waals surface area (Å²) >= 11 is 0. The van der Waals surface area contributed by atoms with E-state index in [1.807, 2.05) is 6.92 Å². The molecule has 0 radical (unpaired) electrons. The standard InChI is InChI=1S/C11H21NO/c1-8(2)7-10(13)11(3)6-4-5-9(11)12/h8-9H,4-7,12H2,1-3H3. The van der Waals surface area contributed by atoms with Crippen LogP contribution in [0.2, 0.25) is 0 Å². The molecule has 1 aliphatic carbocycles. The Bertz CT molecular complexity index is 200. The van der Waals surface area contributed by atoms with Crippen LogP contribution in [-0.2, 0) is 4.79 Å². The Labute approximate surface area is 80.9 Å². The SMILES string of the molecule is CC(C)CC(=O)C1(C)CCCC1N. The maximum absolute atomic E-state index is 11.9. The minimum atomic E-state index is -0.218. The van der Waals surface area contributed by atoms with Crippen LogP contribution in [0, 0.1) is 11.3 Å². The zero-order valence-corrected chi connectivity index (χ0v) is 8.97. The van der Waals surface area contributed by atoms with Crippen molar-refractivity contribution in [2.45, 2.75) is 52.5 Å². The van der Waals surface area contributed by atoms with Crippen molar-refractivity contribution in [2.75, 3.05) is 0 Å². The summed E-state index contributed by atoms with van der Waals surface area (Å²) in [6.45, 7) is 6.21. The second-order valence-corrected chi connectivity index (χ2v) is 4.94. The van der Waals surface area contributed by atoms with E-state index in [2.05, 4.69) is 13.8 Å². The number of rotatable bonds is 3. The van der Waals surface area contributed by atoms with Gasteiger partial charge in [-0.1, -0.05) is 27.2 Å². The molecule has 2 N–H and O–H groups in total.